The molecule has 1 aliphatic heterocycles. The van der Waals surface area contributed by atoms with Crippen molar-refractivity contribution in [3.8, 4) is 12.3 Å². The minimum Gasteiger partial charge on any atom is -0.250 e. The van der Waals surface area contributed by atoms with Gasteiger partial charge in [-0.1, -0.05) is 36.3 Å². The molecule has 0 unspecified atom stereocenters. The Kier molecular flexibility index (Phi) is 3.55. The van der Waals surface area contributed by atoms with E-state index in [1.807, 2.05) is 30.3 Å². The number of hydrogen-bond acceptors (Lipinski definition) is 5. The zero-order chi connectivity index (χ0) is 14.7. The molecule has 0 saturated heterocycles. The van der Waals surface area contributed by atoms with Gasteiger partial charge in [-0.2, -0.15) is 0 Å². The van der Waals surface area contributed by atoms with Crippen molar-refractivity contribution in [1.29, 1.82) is 0 Å². The van der Waals surface area contributed by atoms with Crippen LogP contribution in [0.25, 0.3) is 0 Å². The number of benzene rings is 1. The molecule has 2 aromatic rings. The van der Waals surface area contributed by atoms with Crippen molar-refractivity contribution in [2.24, 2.45) is 0 Å². The van der Waals surface area contributed by atoms with Crippen LogP contribution in [0.3, 0.4) is 0 Å². The van der Waals surface area contributed by atoms with Crippen molar-refractivity contribution in [3.05, 3.63) is 48.4 Å². The molecule has 21 heavy (non-hydrogen) atoms. The van der Waals surface area contributed by atoms with Crippen LogP contribution < -0.4 is 10.7 Å². The van der Waals surface area contributed by atoms with Crippen molar-refractivity contribution in [2.75, 3.05) is 11.7 Å². The number of imidazole rings is 1. The molecule has 2 heterocycles. The first kappa shape index (κ1) is 13.2. The van der Waals surface area contributed by atoms with E-state index in [9.17, 15) is 4.79 Å². The molecule has 0 saturated carbocycles. The number of nitrogens with zero attached hydrogens (tertiary/aromatic N) is 4. The predicted octanol–water partition coefficient (Wildman–Crippen LogP) is 1.16. The van der Waals surface area contributed by atoms with Gasteiger partial charge >= 0.3 is 6.03 Å². The van der Waals surface area contributed by atoms with E-state index in [2.05, 4.69) is 16.4 Å². The first-order valence-corrected chi connectivity index (χ1v) is 6.30. The van der Waals surface area contributed by atoms with Gasteiger partial charge in [0.1, 0.15) is 19.5 Å². The van der Waals surface area contributed by atoms with Crippen LogP contribution in [0.5, 0.6) is 0 Å². The summed E-state index contributed by atoms with van der Waals surface area (Å²) >= 11 is 0. The molecule has 106 valence electrons. The SMILES string of the molecule is C#CCN1NN(OCc2ccccc2)c2cncn2C1=O. The third kappa shape index (κ3) is 2.58. The summed E-state index contributed by atoms with van der Waals surface area (Å²) in [7, 11) is 0. The van der Waals surface area contributed by atoms with E-state index in [1.165, 1.54) is 27.3 Å². The monoisotopic (exact) mass is 283 g/mol. The van der Waals surface area contributed by atoms with Gasteiger partial charge in [-0.3, -0.25) is 4.84 Å². The molecule has 0 radical (unpaired) electrons. The lowest BCUT2D eigenvalue weighted by Crippen LogP contribution is -2.58. The van der Waals surface area contributed by atoms with Gasteiger partial charge in [0.2, 0.25) is 0 Å². The number of terminal acetylenes is 1. The molecule has 7 nitrogen and oxygen atoms in total. The fraction of sp³-hybridized carbons (Fsp3) is 0.143. The fourth-order valence-electron chi connectivity index (χ4n) is 1.92. The number of amides is 1. The lowest BCUT2D eigenvalue weighted by molar-refractivity contribution is 0.0160. The molecule has 1 amide bonds. The maximum absolute atomic E-state index is 12.1. The first-order valence-electron chi connectivity index (χ1n) is 6.30. The van der Waals surface area contributed by atoms with Crippen LogP contribution in [0, 0.1) is 12.3 Å². The molecule has 1 aromatic carbocycles. The Bertz CT molecular complexity index is 676. The third-order valence-corrected chi connectivity index (χ3v) is 2.93. The van der Waals surface area contributed by atoms with Gasteiger partial charge in [0.25, 0.3) is 0 Å². The van der Waals surface area contributed by atoms with Crippen LogP contribution in [-0.2, 0) is 11.4 Å². The number of fused-ring (bicyclic) bond motifs is 1. The summed E-state index contributed by atoms with van der Waals surface area (Å²) in [6.45, 7) is 0.457. The largest absolute Gasteiger partial charge is 0.347 e. The van der Waals surface area contributed by atoms with Crippen LogP contribution in [0.2, 0.25) is 0 Å². The van der Waals surface area contributed by atoms with Gasteiger partial charge < -0.3 is 0 Å². The van der Waals surface area contributed by atoms with Gasteiger partial charge in [0.15, 0.2) is 5.82 Å². The highest BCUT2D eigenvalue weighted by molar-refractivity contribution is 5.81. The topological polar surface area (TPSA) is 62.6 Å². The quantitative estimate of drug-likeness (QED) is 0.853. The Morgan fingerprint density at radius 2 is 2.14 bits per heavy atom. The average Bonchev–Trinajstić information content (AvgIpc) is 3.00. The lowest BCUT2D eigenvalue weighted by Gasteiger charge is -2.34. The van der Waals surface area contributed by atoms with Crippen LogP contribution in [0.15, 0.2) is 42.9 Å². The Hall–Kier alpha value is -2.82. The van der Waals surface area contributed by atoms with E-state index in [4.69, 9.17) is 11.3 Å². The molecular weight excluding hydrogens is 270 g/mol. The van der Waals surface area contributed by atoms with E-state index in [0.29, 0.717) is 12.4 Å². The Labute approximate surface area is 121 Å². The number of rotatable bonds is 4. The molecule has 7 heteroatoms. The standard InChI is InChI=1S/C14H13N5O2/c1-2-8-18-14(20)17-11-15-9-13(17)19(16-18)21-10-12-6-4-3-5-7-12/h1,3-7,9,11,16H,8,10H2. The molecule has 3 rings (SSSR count). The van der Waals surface area contributed by atoms with E-state index in [0.717, 1.165) is 5.56 Å². The van der Waals surface area contributed by atoms with Gasteiger partial charge in [0, 0.05) is 0 Å². The lowest BCUT2D eigenvalue weighted by atomic mass is 10.2. The highest BCUT2D eigenvalue weighted by Gasteiger charge is 2.29. The van der Waals surface area contributed by atoms with Crippen molar-refractivity contribution in [1.82, 2.24) is 20.1 Å². The minimum atomic E-state index is -0.306. The number of anilines is 1. The van der Waals surface area contributed by atoms with Gasteiger partial charge in [-0.15, -0.1) is 17.1 Å². The molecular formula is C14H13N5O2. The van der Waals surface area contributed by atoms with Crippen molar-refractivity contribution in [2.45, 2.75) is 6.61 Å². The van der Waals surface area contributed by atoms with Crippen LogP contribution in [0.1, 0.15) is 5.56 Å². The van der Waals surface area contributed by atoms with Crippen molar-refractivity contribution in [3.63, 3.8) is 0 Å². The van der Waals surface area contributed by atoms with E-state index in [-0.39, 0.29) is 12.6 Å². The molecule has 0 aliphatic carbocycles. The van der Waals surface area contributed by atoms with Crippen molar-refractivity contribution < 1.29 is 9.63 Å². The summed E-state index contributed by atoms with van der Waals surface area (Å²) in [5.41, 5.74) is 3.81. The summed E-state index contributed by atoms with van der Waals surface area (Å²) in [6, 6.07) is 9.39. The van der Waals surface area contributed by atoms with E-state index in [1.54, 1.807) is 0 Å². The van der Waals surface area contributed by atoms with Crippen LogP contribution in [0.4, 0.5) is 10.6 Å². The van der Waals surface area contributed by atoms with Crippen LogP contribution in [-0.4, -0.2) is 27.1 Å². The second kappa shape index (κ2) is 5.66. The number of hydrogen-bond donors (Lipinski definition) is 1. The Morgan fingerprint density at radius 1 is 1.33 bits per heavy atom. The molecule has 0 fully saturated rings. The molecule has 1 aromatic heterocycles. The summed E-state index contributed by atoms with van der Waals surface area (Å²) in [5.74, 6) is 2.90. The second-order valence-corrected chi connectivity index (χ2v) is 4.35. The number of hydrazine groups is 2. The number of nitrogens with one attached hydrogen (secondary N) is 1. The Morgan fingerprint density at radius 3 is 2.90 bits per heavy atom. The normalized spacial score (nSPS) is 14.0. The highest BCUT2D eigenvalue weighted by atomic mass is 16.7. The molecule has 1 aliphatic rings. The summed E-state index contributed by atoms with van der Waals surface area (Å²) in [6.07, 6.45) is 8.21. The van der Waals surface area contributed by atoms with E-state index >= 15 is 0 Å². The third-order valence-electron chi connectivity index (χ3n) is 2.93. The smallest absolute Gasteiger partial charge is 0.250 e. The van der Waals surface area contributed by atoms with Crippen molar-refractivity contribution >= 4 is 11.8 Å². The summed E-state index contributed by atoms with van der Waals surface area (Å²) in [5, 5.41) is 2.64. The first-order chi connectivity index (χ1) is 10.3. The maximum Gasteiger partial charge on any atom is 0.347 e. The average molecular weight is 283 g/mol. The van der Waals surface area contributed by atoms with Gasteiger partial charge in [-0.05, 0) is 5.56 Å². The second-order valence-electron chi connectivity index (χ2n) is 4.35. The number of carbonyl (C=O) groups is 1. The maximum atomic E-state index is 12.1. The van der Waals surface area contributed by atoms with Gasteiger partial charge in [0.05, 0.1) is 6.20 Å². The summed E-state index contributed by atoms with van der Waals surface area (Å²) in [4.78, 5) is 21.7. The fourth-order valence-corrected chi connectivity index (χ4v) is 1.92. The number of carbonyl (C=O) groups excluding carboxylic acids is 1. The highest BCUT2D eigenvalue weighted by Crippen LogP contribution is 2.18. The zero-order valence-corrected chi connectivity index (χ0v) is 11.1. The molecule has 1 N–H and O–H groups in total. The summed E-state index contributed by atoms with van der Waals surface area (Å²) < 4.78 is 1.36. The minimum absolute atomic E-state index is 0.113. The predicted molar refractivity (Wildman–Crippen MR) is 75.4 cm³/mol. The molecule has 0 atom stereocenters. The van der Waals surface area contributed by atoms with E-state index < -0.39 is 0 Å². The number of aromatic nitrogens is 2. The van der Waals surface area contributed by atoms with Gasteiger partial charge in [-0.25, -0.2) is 19.4 Å². The Balaban J connectivity index is 1.77. The molecule has 0 bridgehead atoms. The zero-order valence-electron chi connectivity index (χ0n) is 11.1. The molecule has 0 spiro atoms. The van der Waals surface area contributed by atoms with Crippen LogP contribution >= 0.6 is 0 Å².